The van der Waals surface area contributed by atoms with Gasteiger partial charge in [0, 0.05) is 6.16 Å². The van der Waals surface area contributed by atoms with Crippen LogP contribution in [0, 0.1) is 17.1 Å². The second-order valence-electron chi connectivity index (χ2n) is 2.37. The molecule has 0 N–H and O–H groups in total. The Balaban J connectivity index is 3.36. The van der Waals surface area contributed by atoms with E-state index in [0.29, 0.717) is 17.5 Å². The van der Waals surface area contributed by atoms with Crippen LogP contribution in [0.5, 0.6) is 0 Å². The van der Waals surface area contributed by atoms with Crippen molar-refractivity contribution in [3.8, 4) is 6.07 Å². The van der Waals surface area contributed by atoms with E-state index in [1.165, 1.54) is 12.1 Å². The van der Waals surface area contributed by atoms with E-state index in [-0.39, 0.29) is 5.56 Å². The van der Waals surface area contributed by atoms with E-state index in [4.69, 9.17) is 5.26 Å². The Hall–Kier alpha value is -1.26. The minimum atomic E-state index is -0.447. The molecule has 0 aromatic carbocycles. The average molecular weight is 194 g/mol. The Morgan fingerprint density at radius 2 is 2.46 bits per heavy atom. The van der Waals surface area contributed by atoms with Gasteiger partial charge in [-0.05, 0) is 12.1 Å². The third-order valence-corrected chi connectivity index (χ3v) is 1.97. The number of pyridine rings is 1. The molecule has 0 saturated heterocycles. The molecule has 2 nitrogen and oxygen atoms in total. The van der Waals surface area contributed by atoms with Crippen LogP contribution in [0.3, 0.4) is 0 Å². The predicted molar refractivity (Wildman–Crippen MR) is 52.4 cm³/mol. The molecule has 0 spiro atoms. The Kier molecular flexibility index (Phi) is 3.11. The molecule has 4 heteroatoms. The lowest BCUT2D eigenvalue weighted by Gasteiger charge is -2.02. The van der Waals surface area contributed by atoms with Crippen molar-refractivity contribution in [1.82, 2.24) is 4.98 Å². The summed E-state index contributed by atoms with van der Waals surface area (Å²) in [5.41, 5.74) is 0.981. The van der Waals surface area contributed by atoms with Crippen molar-refractivity contribution in [3.05, 3.63) is 35.4 Å². The quantitative estimate of drug-likeness (QED) is 0.676. The van der Waals surface area contributed by atoms with Crippen molar-refractivity contribution < 1.29 is 4.39 Å². The fourth-order valence-corrected chi connectivity index (χ4v) is 1.22. The molecule has 1 aromatic heterocycles. The number of hydrogen-bond donors (Lipinski definition) is 0. The molecular formula is C9H8FN2P. The maximum Gasteiger partial charge on any atom is 0.146 e. The topological polar surface area (TPSA) is 36.7 Å². The van der Waals surface area contributed by atoms with Gasteiger partial charge < -0.3 is 0 Å². The average Bonchev–Trinajstić information content (AvgIpc) is 2.17. The van der Waals surface area contributed by atoms with E-state index in [2.05, 4.69) is 20.8 Å². The van der Waals surface area contributed by atoms with Crippen LogP contribution in [0.15, 0.2) is 12.6 Å². The van der Waals surface area contributed by atoms with Crippen molar-refractivity contribution in [3.63, 3.8) is 0 Å². The van der Waals surface area contributed by atoms with Crippen molar-refractivity contribution >= 4 is 15.3 Å². The van der Waals surface area contributed by atoms with Crippen molar-refractivity contribution in [2.45, 2.75) is 6.16 Å². The lowest BCUT2D eigenvalue weighted by Crippen LogP contribution is -1.97. The summed E-state index contributed by atoms with van der Waals surface area (Å²) >= 11 is 0. The Labute approximate surface area is 78.3 Å². The monoisotopic (exact) mass is 194 g/mol. The Morgan fingerprint density at radius 1 is 1.77 bits per heavy atom. The fraction of sp³-hybridized carbons (Fsp3) is 0.111. The lowest BCUT2D eigenvalue weighted by atomic mass is 10.2. The summed E-state index contributed by atoms with van der Waals surface area (Å²) in [5.74, 6) is -0.447. The van der Waals surface area contributed by atoms with E-state index < -0.39 is 5.82 Å². The van der Waals surface area contributed by atoms with Gasteiger partial charge in [-0.3, -0.25) is 0 Å². The summed E-state index contributed by atoms with van der Waals surface area (Å²) in [4.78, 5) is 3.94. The van der Waals surface area contributed by atoms with Crippen LogP contribution < -0.4 is 0 Å². The number of aromatic nitrogens is 1. The number of hydrogen-bond acceptors (Lipinski definition) is 2. The molecular weight excluding hydrogens is 186 g/mol. The maximum absolute atomic E-state index is 13.1. The van der Waals surface area contributed by atoms with E-state index in [0.717, 1.165) is 0 Å². The van der Waals surface area contributed by atoms with Gasteiger partial charge in [-0.2, -0.15) is 5.26 Å². The van der Waals surface area contributed by atoms with Crippen LogP contribution in [0.1, 0.15) is 17.0 Å². The first-order valence-corrected chi connectivity index (χ1v) is 4.46. The first-order valence-electron chi connectivity index (χ1n) is 3.65. The van der Waals surface area contributed by atoms with E-state index >= 15 is 0 Å². The maximum atomic E-state index is 13.1. The molecule has 0 saturated carbocycles. The molecule has 13 heavy (non-hydrogen) atoms. The highest BCUT2D eigenvalue weighted by molar-refractivity contribution is 7.15. The van der Waals surface area contributed by atoms with Gasteiger partial charge in [0.25, 0.3) is 0 Å². The summed E-state index contributed by atoms with van der Waals surface area (Å²) in [5, 5.41) is 8.63. The highest BCUT2D eigenvalue weighted by Crippen LogP contribution is 2.14. The van der Waals surface area contributed by atoms with Crippen LogP contribution in [0.4, 0.5) is 4.39 Å². The zero-order valence-electron chi connectivity index (χ0n) is 6.92. The third-order valence-electron chi connectivity index (χ3n) is 1.59. The predicted octanol–water partition coefficient (Wildman–Crippen LogP) is 2.11. The molecule has 1 heterocycles. The number of rotatable bonds is 2. The van der Waals surface area contributed by atoms with Crippen LogP contribution in [-0.2, 0) is 6.16 Å². The molecule has 0 amide bonds. The third kappa shape index (κ3) is 1.91. The first kappa shape index (κ1) is 9.83. The van der Waals surface area contributed by atoms with Gasteiger partial charge in [0.2, 0.25) is 0 Å². The van der Waals surface area contributed by atoms with E-state index in [1.807, 2.05) is 6.07 Å². The molecule has 0 bridgehead atoms. The molecule has 0 aliphatic heterocycles. The number of nitriles is 1. The standard InChI is InChI=1S/C9H8FN2P/c1-2-8-6(4-11)3-7(10)9(5-13)12-8/h2-3H,1,5,13H2. The summed E-state index contributed by atoms with van der Waals surface area (Å²) in [7, 11) is 2.38. The van der Waals surface area contributed by atoms with Crippen LogP contribution >= 0.6 is 9.24 Å². The smallest absolute Gasteiger partial charge is 0.146 e. The summed E-state index contributed by atoms with van der Waals surface area (Å²) < 4.78 is 13.1. The Bertz CT molecular complexity index is 382. The SMILES string of the molecule is C=Cc1nc(CP)c(F)cc1C#N. The Morgan fingerprint density at radius 3 is 2.92 bits per heavy atom. The highest BCUT2D eigenvalue weighted by atomic mass is 31.0. The molecule has 0 aliphatic rings. The van der Waals surface area contributed by atoms with Crippen LogP contribution in [0.25, 0.3) is 6.08 Å². The van der Waals surface area contributed by atoms with E-state index in [9.17, 15) is 4.39 Å². The molecule has 1 rings (SSSR count). The van der Waals surface area contributed by atoms with Crippen LogP contribution in [-0.4, -0.2) is 4.98 Å². The lowest BCUT2D eigenvalue weighted by molar-refractivity contribution is 0.607. The van der Waals surface area contributed by atoms with Gasteiger partial charge in [-0.25, -0.2) is 9.37 Å². The van der Waals surface area contributed by atoms with Gasteiger partial charge in [0.15, 0.2) is 0 Å². The molecule has 66 valence electrons. The number of halogens is 1. The zero-order valence-corrected chi connectivity index (χ0v) is 8.07. The fourth-order valence-electron chi connectivity index (χ4n) is 0.931. The zero-order chi connectivity index (χ0) is 9.84. The molecule has 1 atom stereocenters. The summed E-state index contributed by atoms with van der Waals surface area (Å²) in [6.45, 7) is 3.50. The van der Waals surface area contributed by atoms with Crippen LogP contribution in [0.2, 0.25) is 0 Å². The molecule has 1 unspecified atom stereocenters. The second-order valence-corrected chi connectivity index (χ2v) is 2.78. The second kappa shape index (κ2) is 4.11. The summed E-state index contributed by atoms with van der Waals surface area (Å²) in [6, 6.07) is 3.04. The van der Waals surface area contributed by atoms with Crippen molar-refractivity contribution in [2.75, 3.05) is 0 Å². The molecule has 1 aromatic rings. The normalized spacial score (nSPS) is 9.31. The number of nitrogens with zero attached hydrogens (tertiary/aromatic N) is 2. The van der Waals surface area contributed by atoms with Gasteiger partial charge in [-0.15, -0.1) is 9.24 Å². The summed E-state index contributed by atoms with van der Waals surface area (Å²) in [6.07, 6.45) is 1.88. The van der Waals surface area contributed by atoms with Crippen molar-refractivity contribution in [2.24, 2.45) is 0 Å². The van der Waals surface area contributed by atoms with Gasteiger partial charge >= 0.3 is 0 Å². The van der Waals surface area contributed by atoms with E-state index in [1.54, 1.807) is 0 Å². The first-order chi connectivity index (χ1) is 6.22. The van der Waals surface area contributed by atoms with Crippen molar-refractivity contribution in [1.29, 1.82) is 5.26 Å². The van der Waals surface area contributed by atoms with Gasteiger partial charge in [-0.1, -0.05) is 6.58 Å². The largest absolute Gasteiger partial charge is 0.249 e. The molecule has 0 fully saturated rings. The molecule has 0 aliphatic carbocycles. The highest BCUT2D eigenvalue weighted by Gasteiger charge is 2.07. The molecule has 0 radical (unpaired) electrons. The minimum Gasteiger partial charge on any atom is -0.249 e. The van der Waals surface area contributed by atoms with Gasteiger partial charge in [0.1, 0.15) is 11.9 Å². The minimum absolute atomic E-state index is 0.217. The van der Waals surface area contributed by atoms with Gasteiger partial charge in [0.05, 0.1) is 17.0 Å².